The first-order valence-electron chi connectivity index (χ1n) is 8.72. The summed E-state index contributed by atoms with van der Waals surface area (Å²) in [4.78, 5) is 17.4. The third-order valence-corrected chi connectivity index (χ3v) is 3.83. The molecule has 1 aromatic heterocycles. The quantitative estimate of drug-likeness (QED) is 0.643. The zero-order chi connectivity index (χ0) is 18.5. The van der Waals surface area contributed by atoms with Crippen molar-refractivity contribution in [3.05, 3.63) is 48.3 Å². The Bertz CT molecular complexity index is 890. The fourth-order valence-electron chi connectivity index (χ4n) is 2.77. The molecule has 0 radical (unpaired) electrons. The van der Waals surface area contributed by atoms with Crippen LogP contribution in [0.3, 0.4) is 0 Å². The molecule has 0 saturated carbocycles. The minimum atomic E-state index is -0.205. The number of nitrogens with zero attached hydrogens (tertiary/aromatic N) is 2. The SMILES string of the molecule is CCOc1cc(C(=O)n2cnc3ccccc32)cc(OCC)c1OCC. The number of carbonyl (C=O) groups is 1. The van der Waals surface area contributed by atoms with Gasteiger partial charge in [0.05, 0.1) is 30.9 Å². The van der Waals surface area contributed by atoms with Crippen molar-refractivity contribution in [2.75, 3.05) is 19.8 Å². The molecule has 0 atom stereocenters. The standard InChI is InChI=1S/C20H22N2O4/c1-4-24-17-11-14(12-18(25-5-2)19(17)26-6-3)20(23)22-13-21-15-9-7-8-10-16(15)22/h7-13H,4-6H2,1-3H3. The largest absolute Gasteiger partial charge is 0.490 e. The molecule has 6 heteroatoms. The number of hydrogen-bond donors (Lipinski definition) is 0. The van der Waals surface area contributed by atoms with Crippen LogP contribution in [0.2, 0.25) is 0 Å². The molecule has 6 nitrogen and oxygen atoms in total. The van der Waals surface area contributed by atoms with E-state index in [9.17, 15) is 4.79 Å². The number of ether oxygens (including phenoxy) is 3. The number of rotatable bonds is 7. The highest BCUT2D eigenvalue weighted by molar-refractivity contribution is 6.01. The minimum Gasteiger partial charge on any atom is -0.490 e. The third kappa shape index (κ3) is 3.35. The third-order valence-electron chi connectivity index (χ3n) is 3.83. The maximum atomic E-state index is 13.1. The fraction of sp³-hybridized carbons (Fsp3) is 0.300. The molecule has 0 unspecified atom stereocenters. The molecule has 0 spiro atoms. The lowest BCUT2D eigenvalue weighted by Gasteiger charge is -2.17. The smallest absolute Gasteiger partial charge is 0.263 e. The maximum absolute atomic E-state index is 13.1. The van der Waals surface area contributed by atoms with Crippen molar-refractivity contribution in [2.45, 2.75) is 20.8 Å². The van der Waals surface area contributed by atoms with E-state index in [-0.39, 0.29) is 5.91 Å². The summed E-state index contributed by atoms with van der Waals surface area (Å²) in [5.74, 6) is 1.30. The van der Waals surface area contributed by atoms with Crippen molar-refractivity contribution < 1.29 is 19.0 Å². The van der Waals surface area contributed by atoms with Crippen LogP contribution < -0.4 is 14.2 Å². The summed E-state index contributed by atoms with van der Waals surface area (Å²) in [6, 6.07) is 10.9. The van der Waals surface area contributed by atoms with Gasteiger partial charge in [-0.3, -0.25) is 9.36 Å². The lowest BCUT2D eigenvalue weighted by atomic mass is 10.1. The second-order valence-corrected chi connectivity index (χ2v) is 5.51. The van der Waals surface area contributed by atoms with Crippen LogP contribution in [0.15, 0.2) is 42.7 Å². The summed E-state index contributed by atoms with van der Waals surface area (Å²) in [6.45, 7) is 7.04. The molecule has 0 aliphatic carbocycles. The van der Waals surface area contributed by atoms with Crippen molar-refractivity contribution >= 4 is 16.9 Å². The summed E-state index contributed by atoms with van der Waals surface area (Å²) < 4.78 is 18.6. The summed E-state index contributed by atoms with van der Waals surface area (Å²) in [5, 5.41) is 0. The minimum absolute atomic E-state index is 0.205. The van der Waals surface area contributed by atoms with Gasteiger partial charge in [0.15, 0.2) is 11.5 Å². The van der Waals surface area contributed by atoms with Gasteiger partial charge in [-0.1, -0.05) is 12.1 Å². The first kappa shape index (κ1) is 17.8. The highest BCUT2D eigenvalue weighted by Crippen LogP contribution is 2.39. The van der Waals surface area contributed by atoms with E-state index < -0.39 is 0 Å². The van der Waals surface area contributed by atoms with Gasteiger partial charge in [-0.15, -0.1) is 0 Å². The van der Waals surface area contributed by atoms with Gasteiger partial charge in [-0.25, -0.2) is 4.98 Å². The lowest BCUT2D eigenvalue weighted by Crippen LogP contribution is -2.12. The van der Waals surface area contributed by atoms with Gasteiger partial charge in [0.1, 0.15) is 6.33 Å². The summed E-state index contributed by atoms with van der Waals surface area (Å²) in [7, 11) is 0. The molecule has 0 bridgehead atoms. The van der Waals surface area contributed by atoms with E-state index in [0.717, 1.165) is 11.0 Å². The molecule has 0 amide bonds. The summed E-state index contributed by atoms with van der Waals surface area (Å²) in [5.41, 5.74) is 1.97. The Morgan fingerprint density at radius 3 is 2.19 bits per heavy atom. The van der Waals surface area contributed by atoms with E-state index in [1.54, 1.807) is 12.1 Å². The lowest BCUT2D eigenvalue weighted by molar-refractivity contribution is 0.0963. The molecular formula is C20H22N2O4. The molecule has 0 aliphatic rings. The van der Waals surface area contributed by atoms with E-state index in [4.69, 9.17) is 14.2 Å². The van der Waals surface area contributed by atoms with Gasteiger partial charge in [-0.05, 0) is 45.0 Å². The first-order valence-corrected chi connectivity index (χ1v) is 8.72. The van der Waals surface area contributed by atoms with Crippen LogP contribution >= 0.6 is 0 Å². The van der Waals surface area contributed by atoms with Gasteiger partial charge >= 0.3 is 0 Å². The van der Waals surface area contributed by atoms with Crippen LogP contribution in [0.4, 0.5) is 0 Å². The number of imidazole rings is 1. The second-order valence-electron chi connectivity index (χ2n) is 5.51. The Balaban J connectivity index is 2.09. The Hall–Kier alpha value is -3.02. The van der Waals surface area contributed by atoms with Crippen LogP contribution in [0.5, 0.6) is 17.2 Å². The first-order chi connectivity index (χ1) is 12.7. The van der Waals surface area contributed by atoms with Crippen molar-refractivity contribution in [1.82, 2.24) is 9.55 Å². The summed E-state index contributed by atoms with van der Waals surface area (Å²) >= 11 is 0. The van der Waals surface area contributed by atoms with E-state index in [1.165, 1.54) is 10.9 Å². The summed E-state index contributed by atoms with van der Waals surface area (Å²) in [6.07, 6.45) is 1.53. The normalized spacial score (nSPS) is 10.7. The zero-order valence-corrected chi connectivity index (χ0v) is 15.2. The fourth-order valence-corrected chi connectivity index (χ4v) is 2.77. The molecule has 0 N–H and O–H groups in total. The number of aromatic nitrogens is 2. The van der Waals surface area contributed by atoms with Crippen LogP contribution in [-0.2, 0) is 0 Å². The Morgan fingerprint density at radius 2 is 1.58 bits per heavy atom. The van der Waals surface area contributed by atoms with Crippen LogP contribution in [0.25, 0.3) is 11.0 Å². The van der Waals surface area contributed by atoms with Gasteiger partial charge in [-0.2, -0.15) is 0 Å². The number of para-hydroxylation sites is 2. The Labute approximate surface area is 152 Å². The van der Waals surface area contributed by atoms with Gasteiger partial charge in [0, 0.05) is 5.56 Å². The molecule has 0 fully saturated rings. The monoisotopic (exact) mass is 354 g/mol. The van der Waals surface area contributed by atoms with Gasteiger partial charge in [0.2, 0.25) is 5.75 Å². The second kappa shape index (κ2) is 7.91. The number of benzene rings is 2. The van der Waals surface area contributed by atoms with E-state index in [0.29, 0.717) is 42.6 Å². The predicted molar refractivity (Wildman–Crippen MR) is 99.4 cm³/mol. The molecule has 3 rings (SSSR count). The van der Waals surface area contributed by atoms with Crippen LogP contribution in [-0.4, -0.2) is 35.3 Å². The molecule has 26 heavy (non-hydrogen) atoms. The molecule has 0 aliphatic heterocycles. The average Bonchev–Trinajstić information content (AvgIpc) is 3.08. The van der Waals surface area contributed by atoms with Crippen molar-refractivity contribution in [1.29, 1.82) is 0 Å². The Morgan fingerprint density at radius 1 is 0.962 bits per heavy atom. The average molecular weight is 354 g/mol. The number of carbonyl (C=O) groups excluding carboxylic acids is 1. The molecule has 0 saturated heterocycles. The molecule has 136 valence electrons. The zero-order valence-electron chi connectivity index (χ0n) is 15.2. The molecule has 2 aromatic carbocycles. The predicted octanol–water partition coefficient (Wildman–Crippen LogP) is 3.92. The molecule has 1 heterocycles. The Kier molecular flexibility index (Phi) is 5.41. The van der Waals surface area contributed by atoms with Crippen LogP contribution in [0, 0.1) is 0 Å². The van der Waals surface area contributed by atoms with Gasteiger partial charge in [0.25, 0.3) is 5.91 Å². The van der Waals surface area contributed by atoms with E-state index in [1.807, 2.05) is 45.0 Å². The number of hydrogen-bond acceptors (Lipinski definition) is 5. The highest BCUT2D eigenvalue weighted by atomic mass is 16.5. The topological polar surface area (TPSA) is 62.6 Å². The number of fused-ring (bicyclic) bond motifs is 1. The molecule has 3 aromatic rings. The van der Waals surface area contributed by atoms with E-state index in [2.05, 4.69) is 4.98 Å². The molecular weight excluding hydrogens is 332 g/mol. The van der Waals surface area contributed by atoms with E-state index >= 15 is 0 Å². The van der Waals surface area contributed by atoms with Crippen molar-refractivity contribution in [3.8, 4) is 17.2 Å². The maximum Gasteiger partial charge on any atom is 0.263 e. The highest BCUT2D eigenvalue weighted by Gasteiger charge is 2.20. The van der Waals surface area contributed by atoms with Crippen molar-refractivity contribution in [2.24, 2.45) is 0 Å². The van der Waals surface area contributed by atoms with Crippen LogP contribution in [0.1, 0.15) is 31.1 Å². The van der Waals surface area contributed by atoms with Gasteiger partial charge < -0.3 is 14.2 Å². The van der Waals surface area contributed by atoms with Crippen molar-refractivity contribution in [3.63, 3.8) is 0 Å².